The highest BCUT2D eigenvalue weighted by atomic mass is 16.7. The minimum Gasteiger partial charge on any atom is -0.454 e. The zero-order valence-corrected chi connectivity index (χ0v) is 17.0. The Labute approximate surface area is 173 Å². The second-order valence-electron chi connectivity index (χ2n) is 7.64. The van der Waals surface area contributed by atoms with Crippen LogP contribution in [0.15, 0.2) is 47.5 Å². The van der Waals surface area contributed by atoms with E-state index in [4.69, 9.17) is 9.47 Å². The van der Waals surface area contributed by atoms with Crippen LogP contribution in [0, 0.1) is 6.92 Å². The smallest absolute Gasteiger partial charge is 0.255 e. The maximum absolute atomic E-state index is 12.7. The highest BCUT2D eigenvalue weighted by molar-refractivity contribution is 5.79. The third-order valence-corrected chi connectivity index (χ3v) is 5.04. The first kappa shape index (κ1) is 19.6. The number of hydrogen-bond donors (Lipinski definition) is 2. The molecule has 0 bridgehead atoms. The number of aryl methyl sites for hydroxylation is 1. The number of H-pyrrole nitrogens is 1. The van der Waals surface area contributed by atoms with Gasteiger partial charge in [0.2, 0.25) is 12.7 Å². The quantitative estimate of drug-likeness (QED) is 0.674. The van der Waals surface area contributed by atoms with Crippen molar-refractivity contribution in [3.8, 4) is 22.9 Å². The predicted molar refractivity (Wildman–Crippen MR) is 110 cm³/mol. The Hall–Kier alpha value is -3.68. The first-order valence-corrected chi connectivity index (χ1v) is 9.55. The van der Waals surface area contributed by atoms with Crippen molar-refractivity contribution in [1.82, 2.24) is 20.3 Å². The SMILES string of the molecule is Cc1nc(-c2cccnc2)[nH]c(=O)c1CC(=O)NC(C)(C)c1ccc2c(c1)OCO2. The van der Waals surface area contributed by atoms with Gasteiger partial charge in [0, 0.05) is 29.2 Å². The first-order chi connectivity index (χ1) is 14.3. The monoisotopic (exact) mass is 406 g/mol. The number of fused-ring (bicyclic) bond motifs is 1. The fourth-order valence-electron chi connectivity index (χ4n) is 3.37. The Morgan fingerprint density at radius 2 is 2.03 bits per heavy atom. The van der Waals surface area contributed by atoms with Gasteiger partial charge in [-0.2, -0.15) is 0 Å². The number of nitrogens with one attached hydrogen (secondary N) is 2. The van der Waals surface area contributed by atoms with Gasteiger partial charge in [-0.05, 0) is 50.6 Å². The fourth-order valence-corrected chi connectivity index (χ4v) is 3.37. The highest BCUT2D eigenvalue weighted by Crippen LogP contribution is 2.35. The number of ether oxygens (including phenoxy) is 2. The summed E-state index contributed by atoms with van der Waals surface area (Å²) >= 11 is 0. The summed E-state index contributed by atoms with van der Waals surface area (Å²) < 4.78 is 10.8. The molecule has 2 aromatic heterocycles. The lowest BCUT2D eigenvalue weighted by molar-refractivity contribution is -0.122. The molecular formula is C22H22N4O4. The molecule has 154 valence electrons. The van der Waals surface area contributed by atoms with Crippen molar-refractivity contribution in [2.75, 3.05) is 6.79 Å². The molecule has 0 radical (unpaired) electrons. The summed E-state index contributed by atoms with van der Waals surface area (Å²) in [6, 6.07) is 9.14. The molecule has 1 amide bonds. The first-order valence-electron chi connectivity index (χ1n) is 9.55. The van der Waals surface area contributed by atoms with E-state index in [2.05, 4.69) is 20.3 Å². The van der Waals surface area contributed by atoms with Crippen LogP contribution >= 0.6 is 0 Å². The van der Waals surface area contributed by atoms with Gasteiger partial charge in [-0.3, -0.25) is 14.6 Å². The van der Waals surface area contributed by atoms with E-state index < -0.39 is 5.54 Å². The van der Waals surface area contributed by atoms with Gasteiger partial charge in [0.15, 0.2) is 11.5 Å². The number of carbonyl (C=O) groups is 1. The topological polar surface area (TPSA) is 106 Å². The van der Waals surface area contributed by atoms with Crippen LogP contribution in [-0.4, -0.2) is 27.7 Å². The molecule has 0 saturated heterocycles. The van der Waals surface area contributed by atoms with Crippen molar-refractivity contribution in [2.45, 2.75) is 32.7 Å². The normalized spacial score (nSPS) is 12.6. The fraction of sp³-hybridized carbons (Fsp3) is 0.273. The maximum atomic E-state index is 12.7. The zero-order valence-electron chi connectivity index (χ0n) is 17.0. The summed E-state index contributed by atoms with van der Waals surface area (Å²) in [6.45, 7) is 5.70. The second-order valence-corrected chi connectivity index (χ2v) is 7.64. The number of pyridine rings is 1. The van der Waals surface area contributed by atoms with Gasteiger partial charge in [-0.15, -0.1) is 0 Å². The minimum absolute atomic E-state index is 0.0739. The number of rotatable bonds is 5. The van der Waals surface area contributed by atoms with Gasteiger partial charge in [0.1, 0.15) is 5.82 Å². The molecule has 8 nitrogen and oxygen atoms in total. The highest BCUT2D eigenvalue weighted by Gasteiger charge is 2.26. The third-order valence-electron chi connectivity index (χ3n) is 5.04. The van der Waals surface area contributed by atoms with E-state index in [0.717, 1.165) is 5.56 Å². The lowest BCUT2D eigenvalue weighted by atomic mass is 9.93. The Morgan fingerprint density at radius 1 is 1.23 bits per heavy atom. The summed E-state index contributed by atoms with van der Waals surface area (Å²) in [5.41, 5.74) is 1.42. The van der Waals surface area contributed by atoms with E-state index in [1.807, 2.05) is 38.1 Å². The summed E-state index contributed by atoms with van der Waals surface area (Å²) in [6.07, 6.45) is 3.20. The molecule has 1 aromatic carbocycles. The number of benzene rings is 1. The molecule has 3 heterocycles. The van der Waals surface area contributed by atoms with Gasteiger partial charge in [-0.1, -0.05) is 6.07 Å². The zero-order chi connectivity index (χ0) is 21.3. The number of carbonyl (C=O) groups excluding carboxylic acids is 1. The molecule has 0 aliphatic carbocycles. The predicted octanol–water partition coefficient (Wildman–Crippen LogP) is 2.46. The van der Waals surface area contributed by atoms with Crippen molar-refractivity contribution >= 4 is 5.91 Å². The van der Waals surface area contributed by atoms with Crippen LogP contribution < -0.4 is 20.3 Å². The minimum atomic E-state index is -0.665. The van der Waals surface area contributed by atoms with Crippen LogP contribution in [0.4, 0.5) is 0 Å². The van der Waals surface area contributed by atoms with Gasteiger partial charge in [0.25, 0.3) is 5.56 Å². The number of amides is 1. The average Bonchev–Trinajstić information content (AvgIpc) is 3.19. The van der Waals surface area contributed by atoms with E-state index >= 15 is 0 Å². The molecule has 0 saturated carbocycles. The molecule has 30 heavy (non-hydrogen) atoms. The van der Waals surface area contributed by atoms with E-state index in [1.165, 1.54) is 0 Å². The average molecular weight is 406 g/mol. The summed E-state index contributed by atoms with van der Waals surface area (Å²) in [7, 11) is 0. The lowest BCUT2D eigenvalue weighted by Crippen LogP contribution is -2.42. The Kier molecular flexibility index (Phi) is 4.99. The third kappa shape index (κ3) is 3.89. The molecule has 1 aliphatic heterocycles. The second kappa shape index (κ2) is 7.62. The van der Waals surface area contributed by atoms with Crippen LogP contribution in [0.1, 0.15) is 30.7 Å². The van der Waals surface area contributed by atoms with Crippen molar-refractivity contribution in [1.29, 1.82) is 0 Å². The molecular weight excluding hydrogens is 384 g/mol. The molecule has 4 rings (SSSR count). The molecule has 2 N–H and O–H groups in total. The van der Waals surface area contributed by atoms with E-state index in [9.17, 15) is 9.59 Å². The maximum Gasteiger partial charge on any atom is 0.255 e. The van der Waals surface area contributed by atoms with E-state index in [-0.39, 0.29) is 24.7 Å². The van der Waals surface area contributed by atoms with Crippen LogP contribution in [0.5, 0.6) is 11.5 Å². The van der Waals surface area contributed by atoms with Gasteiger partial charge < -0.3 is 19.8 Å². The van der Waals surface area contributed by atoms with Crippen molar-refractivity contribution in [2.24, 2.45) is 0 Å². The molecule has 0 spiro atoms. The van der Waals surface area contributed by atoms with E-state index in [0.29, 0.717) is 34.1 Å². The summed E-state index contributed by atoms with van der Waals surface area (Å²) in [4.78, 5) is 36.6. The Balaban J connectivity index is 1.52. The summed E-state index contributed by atoms with van der Waals surface area (Å²) in [5, 5.41) is 2.99. The van der Waals surface area contributed by atoms with Crippen LogP contribution in [-0.2, 0) is 16.8 Å². The molecule has 0 fully saturated rings. The number of hydrogen-bond acceptors (Lipinski definition) is 6. The number of aromatic nitrogens is 3. The van der Waals surface area contributed by atoms with Gasteiger partial charge in [0.05, 0.1) is 12.0 Å². The molecule has 0 atom stereocenters. The van der Waals surface area contributed by atoms with E-state index in [1.54, 1.807) is 25.4 Å². The summed E-state index contributed by atoms with van der Waals surface area (Å²) in [5.74, 6) is 1.48. The van der Waals surface area contributed by atoms with Crippen molar-refractivity contribution < 1.29 is 14.3 Å². The largest absolute Gasteiger partial charge is 0.454 e. The lowest BCUT2D eigenvalue weighted by Gasteiger charge is -2.27. The van der Waals surface area contributed by atoms with Crippen molar-refractivity contribution in [3.05, 3.63) is 69.9 Å². The number of nitrogens with zero attached hydrogens (tertiary/aromatic N) is 2. The molecule has 8 heteroatoms. The Bertz CT molecular complexity index is 1160. The Morgan fingerprint density at radius 3 is 2.77 bits per heavy atom. The number of aromatic amines is 1. The molecule has 1 aliphatic rings. The standard InChI is InChI=1S/C22H22N4O4/c1-13-16(21(28)25-20(24-13)14-5-4-8-23-11-14)10-19(27)26-22(2,3)15-6-7-17-18(9-15)30-12-29-17/h4-9,11H,10,12H2,1-3H3,(H,26,27)(H,24,25,28). The molecule has 0 unspecified atom stereocenters. The van der Waals surface area contributed by atoms with Gasteiger partial charge >= 0.3 is 0 Å². The van der Waals surface area contributed by atoms with Crippen LogP contribution in [0.3, 0.4) is 0 Å². The van der Waals surface area contributed by atoms with Crippen LogP contribution in [0.2, 0.25) is 0 Å². The van der Waals surface area contributed by atoms with Crippen molar-refractivity contribution in [3.63, 3.8) is 0 Å². The molecule has 3 aromatic rings. The van der Waals surface area contributed by atoms with Crippen LogP contribution in [0.25, 0.3) is 11.4 Å². The van der Waals surface area contributed by atoms with Gasteiger partial charge in [-0.25, -0.2) is 4.98 Å².